The van der Waals surface area contributed by atoms with Crippen molar-refractivity contribution in [3.63, 3.8) is 0 Å². The van der Waals surface area contributed by atoms with E-state index in [2.05, 4.69) is 61.3 Å². The monoisotopic (exact) mass is 423 g/mol. The van der Waals surface area contributed by atoms with Crippen molar-refractivity contribution < 1.29 is 0 Å². The summed E-state index contributed by atoms with van der Waals surface area (Å²) < 4.78 is 0. The molecule has 1 aliphatic rings. The predicted octanol–water partition coefficient (Wildman–Crippen LogP) is 3.52. The van der Waals surface area contributed by atoms with Crippen molar-refractivity contribution in [2.24, 2.45) is 0 Å². The number of nitrogens with zero attached hydrogens (tertiary/aromatic N) is 5. The van der Waals surface area contributed by atoms with E-state index in [0.29, 0.717) is 16.8 Å². The highest BCUT2D eigenvalue weighted by Gasteiger charge is 2.17. The zero-order chi connectivity index (χ0) is 20.9. The molecule has 0 spiro atoms. The quantitative estimate of drug-likeness (QED) is 0.627. The maximum atomic E-state index is 5.93. The Kier molecular flexibility index (Phi) is 6.30. The van der Waals surface area contributed by atoms with E-state index < -0.39 is 0 Å². The van der Waals surface area contributed by atoms with E-state index in [1.807, 2.05) is 24.3 Å². The van der Waals surface area contributed by atoms with Gasteiger partial charge in [0.25, 0.3) is 0 Å². The minimum Gasteiger partial charge on any atom is -0.369 e. The first-order valence-electron chi connectivity index (χ1n) is 10.1. The summed E-state index contributed by atoms with van der Waals surface area (Å²) in [6.45, 7) is 7.09. The minimum atomic E-state index is 0.223. The Bertz CT molecular complexity index is 968. The average molecular weight is 424 g/mol. The van der Waals surface area contributed by atoms with Crippen LogP contribution in [0.15, 0.2) is 48.5 Å². The standard InChI is InChI=1S/C22H26ClN7/c1-16-2-8-19(9-3-16)30-14-12-29(13-15-30)11-10-20-26-21(24)28-22(27-20)25-18-6-4-17(23)5-7-18/h2-9H,10-15H2,1H3,(H3,24,25,26,27,28). The zero-order valence-electron chi connectivity index (χ0n) is 17.1. The third-order valence-corrected chi connectivity index (χ3v) is 5.47. The Morgan fingerprint density at radius 1 is 0.933 bits per heavy atom. The molecule has 3 N–H and O–H groups in total. The molecule has 2 aromatic carbocycles. The maximum absolute atomic E-state index is 5.93. The lowest BCUT2D eigenvalue weighted by molar-refractivity contribution is 0.259. The third kappa shape index (κ3) is 5.37. The van der Waals surface area contributed by atoms with E-state index >= 15 is 0 Å². The Morgan fingerprint density at radius 3 is 2.33 bits per heavy atom. The van der Waals surface area contributed by atoms with Crippen LogP contribution in [0.5, 0.6) is 0 Å². The number of halogens is 1. The Balaban J connectivity index is 1.31. The number of hydrogen-bond acceptors (Lipinski definition) is 7. The van der Waals surface area contributed by atoms with Crippen LogP contribution in [0.2, 0.25) is 5.02 Å². The second-order valence-electron chi connectivity index (χ2n) is 7.48. The van der Waals surface area contributed by atoms with Crippen molar-refractivity contribution in [1.29, 1.82) is 0 Å². The molecular formula is C22H26ClN7. The molecule has 0 amide bonds. The summed E-state index contributed by atoms with van der Waals surface area (Å²) in [5.41, 5.74) is 9.33. The summed E-state index contributed by atoms with van der Waals surface area (Å²) in [5.74, 6) is 1.37. The van der Waals surface area contributed by atoms with Crippen LogP contribution >= 0.6 is 11.6 Å². The lowest BCUT2D eigenvalue weighted by Crippen LogP contribution is -2.47. The number of anilines is 4. The number of rotatable bonds is 6. The van der Waals surface area contributed by atoms with E-state index in [-0.39, 0.29) is 5.95 Å². The molecule has 1 aromatic heterocycles. The van der Waals surface area contributed by atoms with Gasteiger partial charge in [-0.05, 0) is 43.3 Å². The highest BCUT2D eigenvalue weighted by Crippen LogP contribution is 2.18. The average Bonchev–Trinajstić information content (AvgIpc) is 2.75. The molecule has 0 radical (unpaired) electrons. The van der Waals surface area contributed by atoms with E-state index in [9.17, 15) is 0 Å². The van der Waals surface area contributed by atoms with Gasteiger partial charge in [-0.3, -0.25) is 4.90 Å². The van der Waals surface area contributed by atoms with Crippen LogP contribution in [0, 0.1) is 6.92 Å². The fourth-order valence-corrected chi connectivity index (χ4v) is 3.64. The van der Waals surface area contributed by atoms with Gasteiger partial charge in [-0.2, -0.15) is 15.0 Å². The Morgan fingerprint density at radius 2 is 1.63 bits per heavy atom. The van der Waals surface area contributed by atoms with E-state index in [4.69, 9.17) is 17.3 Å². The molecule has 8 heteroatoms. The van der Waals surface area contributed by atoms with Crippen LogP contribution in [0.25, 0.3) is 0 Å². The number of nitrogen functional groups attached to an aromatic ring is 1. The predicted molar refractivity (Wildman–Crippen MR) is 123 cm³/mol. The van der Waals surface area contributed by atoms with Gasteiger partial charge in [0.05, 0.1) is 0 Å². The van der Waals surface area contributed by atoms with Crippen molar-refractivity contribution in [2.45, 2.75) is 13.3 Å². The topological polar surface area (TPSA) is 83.2 Å². The van der Waals surface area contributed by atoms with Gasteiger partial charge < -0.3 is 16.0 Å². The van der Waals surface area contributed by atoms with Crippen LogP contribution in [0.4, 0.5) is 23.3 Å². The highest BCUT2D eigenvalue weighted by atomic mass is 35.5. The lowest BCUT2D eigenvalue weighted by atomic mass is 10.2. The van der Waals surface area contributed by atoms with Crippen LogP contribution in [-0.4, -0.2) is 52.6 Å². The molecule has 7 nitrogen and oxygen atoms in total. The normalized spacial score (nSPS) is 14.7. The van der Waals surface area contributed by atoms with Gasteiger partial charge in [-0.1, -0.05) is 29.3 Å². The Hall–Kier alpha value is -2.90. The van der Waals surface area contributed by atoms with Crippen molar-refractivity contribution in [1.82, 2.24) is 19.9 Å². The molecular weight excluding hydrogens is 398 g/mol. The van der Waals surface area contributed by atoms with Crippen molar-refractivity contribution in [3.05, 3.63) is 64.9 Å². The van der Waals surface area contributed by atoms with Gasteiger partial charge >= 0.3 is 0 Å². The first-order valence-corrected chi connectivity index (χ1v) is 10.5. The molecule has 3 aromatic rings. The fraction of sp³-hybridized carbons (Fsp3) is 0.318. The molecule has 1 aliphatic heterocycles. The number of aromatic nitrogens is 3. The number of nitrogens with two attached hydrogens (primary N) is 1. The first kappa shape index (κ1) is 20.4. The lowest BCUT2D eigenvalue weighted by Gasteiger charge is -2.36. The molecule has 1 fully saturated rings. The maximum Gasteiger partial charge on any atom is 0.232 e. The molecule has 156 valence electrons. The summed E-state index contributed by atoms with van der Waals surface area (Å²) in [4.78, 5) is 17.9. The van der Waals surface area contributed by atoms with Crippen LogP contribution in [0.3, 0.4) is 0 Å². The van der Waals surface area contributed by atoms with Crippen molar-refractivity contribution in [2.75, 3.05) is 48.7 Å². The molecule has 4 rings (SSSR count). The van der Waals surface area contributed by atoms with Crippen molar-refractivity contribution in [3.8, 4) is 0 Å². The molecule has 0 bridgehead atoms. The van der Waals surface area contributed by atoms with E-state index in [0.717, 1.165) is 44.8 Å². The van der Waals surface area contributed by atoms with Gasteiger partial charge in [0.15, 0.2) is 0 Å². The van der Waals surface area contributed by atoms with E-state index in [1.54, 1.807) is 0 Å². The summed E-state index contributed by atoms with van der Waals surface area (Å²) in [6.07, 6.45) is 0.729. The number of nitrogens with one attached hydrogen (secondary N) is 1. The SMILES string of the molecule is Cc1ccc(N2CCN(CCc3nc(N)nc(Nc4ccc(Cl)cc4)n3)CC2)cc1. The third-order valence-electron chi connectivity index (χ3n) is 5.22. The second kappa shape index (κ2) is 9.28. The molecule has 30 heavy (non-hydrogen) atoms. The summed E-state index contributed by atoms with van der Waals surface area (Å²) in [7, 11) is 0. The van der Waals surface area contributed by atoms with E-state index in [1.165, 1.54) is 11.3 Å². The van der Waals surface area contributed by atoms with Gasteiger partial charge in [0.1, 0.15) is 5.82 Å². The summed E-state index contributed by atoms with van der Waals surface area (Å²) in [5, 5.41) is 3.84. The van der Waals surface area contributed by atoms with Crippen LogP contribution in [0.1, 0.15) is 11.4 Å². The number of piperazine rings is 1. The number of benzene rings is 2. The minimum absolute atomic E-state index is 0.223. The second-order valence-corrected chi connectivity index (χ2v) is 7.92. The summed E-state index contributed by atoms with van der Waals surface area (Å²) >= 11 is 5.93. The smallest absolute Gasteiger partial charge is 0.232 e. The number of aryl methyl sites for hydroxylation is 1. The first-order chi connectivity index (χ1) is 14.5. The van der Waals surface area contributed by atoms with Gasteiger partial charge in [-0.25, -0.2) is 0 Å². The van der Waals surface area contributed by atoms with Crippen LogP contribution < -0.4 is 16.0 Å². The largest absolute Gasteiger partial charge is 0.369 e. The molecule has 2 heterocycles. The zero-order valence-corrected chi connectivity index (χ0v) is 17.8. The molecule has 0 saturated carbocycles. The van der Waals surface area contributed by atoms with Gasteiger partial charge in [0.2, 0.25) is 11.9 Å². The molecule has 1 saturated heterocycles. The van der Waals surface area contributed by atoms with Crippen molar-refractivity contribution >= 4 is 34.9 Å². The molecule has 0 aliphatic carbocycles. The fourth-order valence-electron chi connectivity index (χ4n) is 3.51. The van der Waals surface area contributed by atoms with Gasteiger partial charge in [0, 0.05) is 55.5 Å². The van der Waals surface area contributed by atoms with Crippen LogP contribution in [-0.2, 0) is 6.42 Å². The Labute approximate surface area is 181 Å². The highest BCUT2D eigenvalue weighted by molar-refractivity contribution is 6.30. The molecule has 0 atom stereocenters. The number of hydrogen-bond donors (Lipinski definition) is 2. The van der Waals surface area contributed by atoms with Gasteiger partial charge in [-0.15, -0.1) is 0 Å². The molecule has 0 unspecified atom stereocenters. The summed E-state index contributed by atoms with van der Waals surface area (Å²) in [6, 6.07) is 16.1.